The van der Waals surface area contributed by atoms with Crippen LogP contribution in [-0.2, 0) is 21.4 Å². The molecule has 0 spiro atoms. The Morgan fingerprint density at radius 1 is 1.04 bits per heavy atom. The lowest BCUT2D eigenvalue weighted by molar-refractivity contribution is -0.116. The van der Waals surface area contributed by atoms with Gasteiger partial charge in [0.25, 0.3) is 0 Å². The molecule has 0 aromatic heterocycles. The number of rotatable bonds is 6. The molecule has 25 heavy (non-hydrogen) atoms. The Balaban J connectivity index is 2.16. The molecule has 6 heteroatoms. The molecule has 0 unspecified atom stereocenters. The van der Waals surface area contributed by atoms with Crippen molar-refractivity contribution in [3.8, 4) is 0 Å². The molecule has 5 nitrogen and oxygen atoms in total. The third-order valence-electron chi connectivity index (χ3n) is 4.06. The van der Waals surface area contributed by atoms with Gasteiger partial charge in [0.05, 0.1) is 12.8 Å². The van der Waals surface area contributed by atoms with E-state index in [0.717, 1.165) is 28.5 Å². The van der Waals surface area contributed by atoms with Gasteiger partial charge < -0.3 is 5.32 Å². The summed E-state index contributed by atoms with van der Waals surface area (Å²) >= 11 is 0. The summed E-state index contributed by atoms with van der Waals surface area (Å²) < 4.78 is 25.4. The van der Waals surface area contributed by atoms with Crippen LogP contribution < -0.4 is 5.32 Å². The maximum absolute atomic E-state index is 12.4. The highest BCUT2D eigenvalue weighted by molar-refractivity contribution is 7.88. The Bertz CT molecular complexity index is 876. The van der Waals surface area contributed by atoms with Crippen LogP contribution in [0, 0.1) is 20.8 Å². The summed E-state index contributed by atoms with van der Waals surface area (Å²) in [4.78, 5) is 12.4. The van der Waals surface area contributed by atoms with Crippen LogP contribution in [0.1, 0.15) is 22.3 Å². The predicted octanol–water partition coefficient (Wildman–Crippen LogP) is 3.01. The maximum atomic E-state index is 12.4. The molecule has 0 radical (unpaired) electrons. The standard InChI is InChI=1S/C19H24N2O3S/c1-14-9-10-16(3)18(11-14)20-19(22)13-21(25(4,23)24)12-17-8-6-5-7-15(17)2/h5-11H,12-13H2,1-4H3,(H,20,22). The number of carbonyl (C=O) groups is 1. The number of nitrogens with zero attached hydrogens (tertiary/aromatic N) is 1. The first-order valence-electron chi connectivity index (χ1n) is 8.03. The summed E-state index contributed by atoms with van der Waals surface area (Å²) in [6.07, 6.45) is 1.12. The summed E-state index contributed by atoms with van der Waals surface area (Å²) in [5.74, 6) is -0.354. The lowest BCUT2D eigenvalue weighted by Crippen LogP contribution is -2.37. The quantitative estimate of drug-likeness (QED) is 0.861. The Kier molecular flexibility index (Phi) is 5.98. The van der Waals surface area contributed by atoms with Crippen molar-refractivity contribution in [1.82, 2.24) is 4.31 Å². The number of carbonyl (C=O) groups excluding carboxylic acids is 1. The van der Waals surface area contributed by atoms with Crippen LogP contribution in [0.15, 0.2) is 42.5 Å². The van der Waals surface area contributed by atoms with E-state index >= 15 is 0 Å². The van der Waals surface area contributed by atoms with Gasteiger partial charge in [-0.3, -0.25) is 4.79 Å². The highest BCUT2D eigenvalue weighted by atomic mass is 32.2. The van der Waals surface area contributed by atoms with Gasteiger partial charge >= 0.3 is 0 Å². The molecule has 0 aliphatic rings. The average Bonchev–Trinajstić information content (AvgIpc) is 2.51. The first kappa shape index (κ1) is 19.1. The molecular formula is C19H24N2O3S. The van der Waals surface area contributed by atoms with E-state index < -0.39 is 10.0 Å². The monoisotopic (exact) mass is 360 g/mol. The van der Waals surface area contributed by atoms with Gasteiger partial charge in [0.15, 0.2) is 0 Å². The van der Waals surface area contributed by atoms with Crippen molar-refractivity contribution in [2.75, 3.05) is 18.1 Å². The van der Waals surface area contributed by atoms with E-state index in [-0.39, 0.29) is 19.0 Å². The van der Waals surface area contributed by atoms with E-state index in [0.29, 0.717) is 5.69 Å². The molecule has 0 saturated carbocycles. The van der Waals surface area contributed by atoms with Gasteiger partial charge in [-0.25, -0.2) is 8.42 Å². The number of nitrogens with one attached hydrogen (secondary N) is 1. The summed E-state index contributed by atoms with van der Waals surface area (Å²) in [6.45, 7) is 5.71. The summed E-state index contributed by atoms with van der Waals surface area (Å²) in [6, 6.07) is 13.3. The third-order valence-corrected chi connectivity index (χ3v) is 5.26. The summed E-state index contributed by atoms with van der Waals surface area (Å²) in [7, 11) is -3.51. The smallest absolute Gasteiger partial charge is 0.239 e. The Hall–Kier alpha value is -2.18. The van der Waals surface area contributed by atoms with Gasteiger partial charge in [0.1, 0.15) is 0 Å². The first-order valence-corrected chi connectivity index (χ1v) is 9.88. The molecule has 0 atom stereocenters. The molecule has 1 N–H and O–H groups in total. The van der Waals surface area contributed by atoms with Gasteiger partial charge in [-0.15, -0.1) is 0 Å². The minimum Gasteiger partial charge on any atom is -0.325 e. The largest absolute Gasteiger partial charge is 0.325 e. The lowest BCUT2D eigenvalue weighted by atomic mass is 10.1. The molecule has 0 saturated heterocycles. The molecular weight excluding hydrogens is 336 g/mol. The zero-order valence-electron chi connectivity index (χ0n) is 15.0. The molecule has 2 rings (SSSR count). The predicted molar refractivity (Wildman–Crippen MR) is 101 cm³/mol. The van der Waals surface area contributed by atoms with Crippen LogP contribution in [-0.4, -0.2) is 31.4 Å². The van der Waals surface area contributed by atoms with Crippen molar-refractivity contribution in [3.05, 3.63) is 64.7 Å². The summed E-state index contributed by atoms with van der Waals surface area (Å²) in [5.41, 5.74) is 4.54. The molecule has 1 amide bonds. The third kappa shape index (κ3) is 5.41. The van der Waals surface area contributed by atoms with E-state index in [1.54, 1.807) is 0 Å². The first-order chi connectivity index (χ1) is 11.7. The molecule has 0 aliphatic carbocycles. The number of hydrogen-bond acceptors (Lipinski definition) is 3. The summed E-state index contributed by atoms with van der Waals surface area (Å²) in [5, 5.41) is 2.81. The van der Waals surface area contributed by atoms with Crippen LogP contribution in [0.25, 0.3) is 0 Å². The lowest BCUT2D eigenvalue weighted by Gasteiger charge is -2.21. The molecule has 134 valence electrons. The van der Waals surface area contributed by atoms with E-state index in [2.05, 4.69) is 5.32 Å². The Labute approximate surface area is 149 Å². The van der Waals surface area contributed by atoms with E-state index in [9.17, 15) is 13.2 Å². The number of benzene rings is 2. The van der Waals surface area contributed by atoms with Crippen LogP contribution in [0.3, 0.4) is 0 Å². The van der Waals surface area contributed by atoms with E-state index in [1.165, 1.54) is 4.31 Å². The van der Waals surface area contributed by atoms with Gasteiger partial charge in [-0.05, 0) is 49.1 Å². The fourth-order valence-electron chi connectivity index (χ4n) is 2.49. The second-order valence-corrected chi connectivity index (χ2v) is 8.31. The van der Waals surface area contributed by atoms with E-state index in [1.807, 2.05) is 63.2 Å². The minimum absolute atomic E-state index is 0.172. The SMILES string of the molecule is Cc1ccc(C)c(NC(=O)CN(Cc2ccccc2C)S(C)(=O)=O)c1. The number of sulfonamides is 1. The average molecular weight is 360 g/mol. The van der Waals surface area contributed by atoms with Crippen LogP contribution in [0.4, 0.5) is 5.69 Å². The molecule has 0 fully saturated rings. The number of amides is 1. The van der Waals surface area contributed by atoms with Gasteiger partial charge in [0.2, 0.25) is 15.9 Å². The van der Waals surface area contributed by atoms with Crippen molar-refractivity contribution in [3.63, 3.8) is 0 Å². The fourth-order valence-corrected chi connectivity index (χ4v) is 3.21. The zero-order valence-corrected chi connectivity index (χ0v) is 15.9. The molecule has 0 bridgehead atoms. The van der Waals surface area contributed by atoms with Crippen molar-refractivity contribution < 1.29 is 13.2 Å². The normalized spacial score (nSPS) is 11.6. The highest BCUT2D eigenvalue weighted by Crippen LogP contribution is 2.17. The molecule has 0 heterocycles. The van der Waals surface area contributed by atoms with Crippen LogP contribution >= 0.6 is 0 Å². The zero-order chi connectivity index (χ0) is 18.6. The number of aryl methyl sites for hydroxylation is 3. The van der Waals surface area contributed by atoms with Crippen molar-refractivity contribution >= 4 is 21.6 Å². The topological polar surface area (TPSA) is 66.5 Å². The van der Waals surface area contributed by atoms with Gasteiger partial charge in [-0.2, -0.15) is 4.31 Å². The van der Waals surface area contributed by atoms with Crippen LogP contribution in [0.5, 0.6) is 0 Å². The Morgan fingerprint density at radius 2 is 1.72 bits per heavy atom. The Morgan fingerprint density at radius 3 is 2.36 bits per heavy atom. The van der Waals surface area contributed by atoms with Crippen molar-refractivity contribution in [2.45, 2.75) is 27.3 Å². The number of anilines is 1. The van der Waals surface area contributed by atoms with Gasteiger partial charge in [0, 0.05) is 12.2 Å². The molecule has 0 aliphatic heterocycles. The van der Waals surface area contributed by atoms with E-state index in [4.69, 9.17) is 0 Å². The molecule has 2 aromatic rings. The number of hydrogen-bond donors (Lipinski definition) is 1. The minimum atomic E-state index is -3.51. The van der Waals surface area contributed by atoms with Gasteiger partial charge in [-0.1, -0.05) is 36.4 Å². The fraction of sp³-hybridized carbons (Fsp3) is 0.316. The molecule has 2 aromatic carbocycles. The van der Waals surface area contributed by atoms with Crippen LogP contribution in [0.2, 0.25) is 0 Å². The van der Waals surface area contributed by atoms with Crippen molar-refractivity contribution in [1.29, 1.82) is 0 Å². The second kappa shape index (κ2) is 7.80. The van der Waals surface area contributed by atoms with Crippen molar-refractivity contribution in [2.24, 2.45) is 0 Å². The second-order valence-electron chi connectivity index (χ2n) is 6.32. The highest BCUT2D eigenvalue weighted by Gasteiger charge is 2.21. The maximum Gasteiger partial charge on any atom is 0.239 e.